The van der Waals surface area contributed by atoms with Crippen molar-refractivity contribution in [1.82, 2.24) is 24.2 Å². The smallest absolute Gasteiger partial charge is 0.366 e. The van der Waals surface area contributed by atoms with Crippen LogP contribution in [-0.2, 0) is 10.0 Å². The normalized spacial score (nSPS) is 13.2. The summed E-state index contributed by atoms with van der Waals surface area (Å²) in [6.45, 7) is 2.53. The molecule has 0 radical (unpaired) electrons. The number of hydrogen-bond donors (Lipinski definition) is 2. The second-order valence-electron chi connectivity index (χ2n) is 7.76. The number of carbonyl (C=O) groups is 1. The van der Waals surface area contributed by atoms with E-state index in [1.807, 2.05) is 13.0 Å². The minimum Gasteiger partial charge on any atom is -0.366 e. The molecule has 0 aliphatic carbocycles. The van der Waals surface area contributed by atoms with Crippen molar-refractivity contribution in [2.75, 3.05) is 0 Å². The number of sulfonamides is 1. The Hall–Kier alpha value is -3.84. The van der Waals surface area contributed by atoms with Gasteiger partial charge in [0.05, 0.1) is 22.5 Å². The molecule has 3 heterocycles. The van der Waals surface area contributed by atoms with E-state index in [2.05, 4.69) is 15.0 Å². The van der Waals surface area contributed by atoms with E-state index in [4.69, 9.17) is 5.73 Å². The molecule has 0 saturated carbocycles. The van der Waals surface area contributed by atoms with Crippen molar-refractivity contribution in [3.05, 3.63) is 66.1 Å². The van der Waals surface area contributed by atoms with Crippen LogP contribution in [0.25, 0.3) is 28.2 Å². The minimum atomic E-state index is -4.76. The number of primary amides is 1. The summed E-state index contributed by atoms with van der Waals surface area (Å²) in [7, 11) is -4.52. The summed E-state index contributed by atoms with van der Waals surface area (Å²) >= 11 is 0. The topological polar surface area (TPSA) is 133 Å². The van der Waals surface area contributed by atoms with Gasteiger partial charge in [-0.1, -0.05) is 11.6 Å². The summed E-state index contributed by atoms with van der Waals surface area (Å²) in [5.74, 6) is -0.549. The molecule has 0 aliphatic heterocycles. The van der Waals surface area contributed by atoms with E-state index in [0.29, 0.717) is 17.8 Å². The fraction of sp³-hybridized carbons (Fsp3) is 0.182. The Morgan fingerprint density at radius 3 is 2.37 bits per heavy atom. The average Bonchev–Trinajstić information content (AvgIpc) is 3.13. The number of halogens is 3. The second-order valence-corrected chi connectivity index (χ2v) is 9.47. The van der Waals surface area contributed by atoms with Crippen LogP contribution in [0.1, 0.15) is 22.8 Å². The summed E-state index contributed by atoms with van der Waals surface area (Å²) in [4.78, 5) is 24.7. The lowest BCUT2D eigenvalue weighted by Gasteiger charge is -2.17. The number of alkyl halides is 3. The molecule has 9 nitrogen and oxygen atoms in total. The number of pyridine rings is 1. The summed E-state index contributed by atoms with van der Waals surface area (Å²) in [6.07, 6.45) is -0.838. The molecule has 4 aromatic rings. The molecule has 4 rings (SSSR count). The van der Waals surface area contributed by atoms with Crippen molar-refractivity contribution < 1.29 is 26.4 Å². The summed E-state index contributed by atoms with van der Waals surface area (Å²) in [6, 6.07) is 7.04. The van der Waals surface area contributed by atoms with Crippen LogP contribution in [0, 0.1) is 6.92 Å². The molecule has 182 valence electrons. The predicted molar refractivity (Wildman–Crippen MR) is 121 cm³/mol. The third-order valence-corrected chi connectivity index (χ3v) is 6.76. The predicted octanol–water partition coefficient (Wildman–Crippen LogP) is 3.12. The third-order valence-electron chi connectivity index (χ3n) is 5.23. The summed E-state index contributed by atoms with van der Waals surface area (Å²) in [5.41, 5.74) is 7.61. The molecule has 0 bridgehead atoms. The Bertz CT molecular complexity index is 1520. The van der Waals surface area contributed by atoms with E-state index < -0.39 is 33.0 Å². The molecule has 0 fully saturated rings. The van der Waals surface area contributed by atoms with Crippen molar-refractivity contribution in [2.24, 2.45) is 5.73 Å². The fourth-order valence-corrected chi connectivity index (χ4v) is 4.73. The second kappa shape index (κ2) is 8.74. The van der Waals surface area contributed by atoms with Gasteiger partial charge in [0.25, 0.3) is 5.91 Å². The quantitative estimate of drug-likeness (QED) is 0.415. The van der Waals surface area contributed by atoms with Crippen LogP contribution in [-0.4, -0.2) is 46.1 Å². The van der Waals surface area contributed by atoms with Crippen molar-refractivity contribution in [2.45, 2.75) is 31.0 Å². The maximum Gasteiger partial charge on any atom is 0.404 e. The van der Waals surface area contributed by atoms with Gasteiger partial charge in [0, 0.05) is 24.0 Å². The van der Waals surface area contributed by atoms with E-state index in [1.54, 1.807) is 27.5 Å². The van der Waals surface area contributed by atoms with Gasteiger partial charge in [-0.15, -0.1) is 0 Å². The van der Waals surface area contributed by atoms with Crippen LogP contribution >= 0.6 is 0 Å². The SMILES string of the molecule is Cc1ccc2c(c1)c(C(N)=O)c(-c1ccc(S(=O)(=O)N[C@@H](C)C(F)(F)F)cn1)n2-c1ncccn1. The van der Waals surface area contributed by atoms with Crippen LogP contribution in [0.5, 0.6) is 0 Å². The first kappa shape index (κ1) is 24.3. The monoisotopic (exact) mass is 504 g/mol. The number of amides is 1. The fourth-order valence-electron chi connectivity index (χ4n) is 3.56. The molecule has 0 saturated heterocycles. The number of aryl methyl sites for hydroxylation is 1. The summed E-state index contributed by atoms with van der Waals surface area (Å²) in [5, 5.41) is 0.513. The van der Waals surface area contributed by atoms with E-state index in [0.717, 1.165) is 17.8 Å². The Morgan fingerprint density at radius 1 is 1.11 bits per heavy atom. The number of rotatable bonds is 6. The zero-order valence-electron chi connectivity index (χ0n) is 18.4. The summed E-state index contributed by atoms with van der Waals surface area (Å²) < 4.78 is 66.5. The number of nitrogens with one attached hydrogen (secondary N) is 1. The van der Waals surface area contributed by atoms with Crippen LogP contribution in [0.3, 0.4) is 0 Å². The Balaban J connectivity index is 1.90. The number of nitrogens with zero attached hydrogens (tertiary/aromatic N) is 4. The zero-order chi connectivity index (χ0) is 25.5. The van der Waals surface area contributed by atoms with Gasteiger partial charge < -0.3 is 5.73 Å². The van der Waals surface area contributed by atoms with Crippen LogP contribution in [0.2, 0.25) is 0 Å². The Labute approximate surface area is 197 Å². The maximum atomic E-state index is 12.8. The van der Waals surface area contributed by atoms with Crippen molar-refractivity contribution in [3.8, 4) is 17.3 Å². The molecular weight excluding hydrogens is 485 g/mol. The minimum absolute atomic E-state index is 0.114. The van der Waals surface area contributed by atoms with Crippen LogP contribution in [0.4, 0.5) is 13.2 Å². The van der Waals surface area contributed by atoms with Gasteiger partial charge in [-0.3, -0.25) is 14.3 Å². The number of fused-ring (bicyclic) bond motifs is 1. The van der Waals surface area contributed by atoms with Gasteiger partial charge in [0.1, 0.15) is 10.9 Å². The van der Waals surface area contributed by atoms with Crippen molar-refractivity contribution >= 4 is 26.8 Å². The number of hydrogen-bond acceptors (Lipinski definition) is 6. The number of nitrogens with two attached hydrogens (primary N) is 1. The molecule has 0 aliphatic rings. The molecule has 35 heavy (non-hydrogen) atoms. The number of carbonyl (C=O) groups excluding carboxylic acids is 1. The molecule has 13 heteroatoms. The largest absolute Gasteiger partial charge is 0.404 e. The zero-order valence-corrected chi connectivity index (χ0v) is 19.2. The van der Waals surface area contributed by atoms with Gasteiger partial charge >= 0.3 is 6.18 Å². The van der Waals surface area contributed by atoms with E-state index in [-0.39, 0.29) is 22.9 Å². The highest BCUT2D eigenvalue weighted by molar-refractivity contribution is 7.89. The van der Waals surface area contributed by atoms with E-state index >= 15 is 0 Å². The first-order valence-electron chi connectivity index (χ1n) is 10.2. The first-order chi connectivity index (χ1) is 16.4. The average molecular weight is 504 g/mol. The Kier molecular flexibility index (Phi) is 6.07. The maximum absolute atomic E-state index is 12.8. The Morgan fingerprint density at radius 2 is 1.80 bits per heavy atom. The lowest BCUT2D eigenvalue weighted by Crippen LogP contribution is -2.42. The lowest BCUT2D eigenvalue weighted by atomic mass is 10.1. The van der Waals surface area contributed by atoms with E-state index in [9.17, 15) is 26.4 Å². The van der Waals surface area contributed by atoms with Crippen molar-refractivity contribution in [1.29, 1.82) is 0 Å². The third kappa shape index (κ3) is 4.59. The van der Waals surface area contributed by atoms with Gasteiger partial charge in [0.15, 0.2) is 0 Å². The molecular formula is C22H19F3N6O3S. The van der Waals surface area contributed by atoms with Crippen LogP contribution < -0.4 is 10.5 Å². The van der Waals surface area contributed by atoms with Crippen LogP contribution in [0.15, 0.2) is 59.9 Å². The standard InChI is InChI=1S/C22H19F3N6O3S/c1-12-4-7-17-15(10-12)18(20(26)32)19(31(17)21-27-8-3-9-28-21)16-6-5-14(11-29-16)35(33,34)30-13(2)22(23,24)25/h3-11,13,30H,1-2H3,(H2,26,32)/t13-/m0/s1. The molecule has 0 unspecified atom stereocenters. The van der Waals surface area contributed by atoms with Gasteiger partial charge in [-0.05, 0) is 44.2 Å². The molecule has 0 spiro atoms. The molecule has 1 amide bonds. The highest BCUT2D eigenvalue weighted by Crippen LogP contribution is 2.35. The molecule has 3 N–H and O–H groups in total. The molecule has 1 atom stereocenters. The molecule has 3 aromatic heterocycles. The van der Waals surface area contributed by atoms with Gasteiger partial charge in [-0.25, -0.2) is 18.4 Å². The van der Waals surface area contributed by atoms with Gasteiger partial charge in [-0.2, -0.15) is 17.9 Å². The van der Waals surface area contributed by atoms with Crippen molar-refractivity contribution in [3.63, 3.8) is 0 Å². The highest BCUT2D eigenvalue weighted by atomic mass is 32.2. The number of aromatic nitrogens is 4. The lowest BCUT2D eigenvalue weighted by molar-refractivity contribution is -0.147. The number of benzene rings is 1. The molecule has 1 aromatic carbocycles. The highest BCUT2D eigenvalue weighted by Gasteiger charge is 2.39. The van der Waals surface area contributed by atoms with Gasteiger partial charge in [0.2, 0.25) is 16.0 Å². The first-order valence-corrected chi connectivity index (χ1v) is 11.7. The van der Waals surface area contributed by atoms with E-state index in [1.165, 1.54) is 18.5 Å².